The number of carbonyl (C=O) groups excluding carboxylic acids is 2. The highest BCUT2D eigenvalue weighted by molar-refractivity contribution is 5.94. The molecule has 5 rings (SSSR count). The Morgan fingerprint density at radius 3 is 2.47 bits per heavy atom. The van der Waals surface area contributed by atoms with E-state index in [1.807, 2.05) is 44.2 Å². The first-order valence-corrected chi connectivity index (χ1v) is 11.2. The predicted molar refractivity (Wildman–Crippen MR) is 119 cm³/mol. The molecule has 3 fully saturated rings. The second kappa shape index (κ2) is 7.76. The van der Waals surface area contributed by atoms with Crippen LogP contribution in [0.25, 0.3) is 0 Å². The summed E-state index contributed by atoms with van der Waals surface area (Å²) in [5.41, 5.74) is 1.03. The van der Waals surface area contributed by atoms with Crippen LogP contribution in [0.4, 0.5) is 16.4 Å². The third-order valence-corrected chi connectivity index (χ3v) is 6.79. The highest BCUT2D eigenvalue weighted by atomic mass is 16.6. The molecule has 32 heavy (non-hydrogen) atoms. The van der Waals surface area contributed by atoms with Crippen molar-refractivity contribution in [1.82, 2.24) is 9.97 Å². The number of piperidine rings is 1. The van der Waals surface area contributed by atoms with E-state index in [-0.39, 0.29) is 18.9 Å². The summed E-state index contributed by atoms with van der Waals surface area (Å²) in [7, 11) is 0. The highest BCUT2D eigenvalue weighted by Crippen LogP contribution is 2.54. The van der Waals surface area contributed by atoms with E-state index < -0.39 is 17.6 Å². The molecule has 3 aliphatic rings. The van der Waals surface area contributed by atoms with Crippen molar-refractivity contribution in [3.8, 4) is 0 Å². The van der Waals surface area contributed by atoms with Gasteiger partial charge in [-0.25, -0.2) is 19.6 Å². The second-order valence-electron chi connectivity index (χ2n) is 9.65. The zero-order valence-corrected chi connectivity index (χ0v) is 18.5. The van der Waals surface area contributed by atoms with E-state index in [4.69, 9.17) is 14.5 Å². The number of hydrogen-bond acceptors (Lipinski definition) is 7. The molecular weight excluding hydrogens is 408 g/mol. The number of benzene rings is 1. The van der Waals surface area contributed by atoms with Gasteiger partial charge in [-0.15, -0.1) is 0 Å². The topological polar surface area (TPSA) is 84.9 Å². The number of hydrogen-bond donors (Lipinski definition) is 0. The lowest BCUT2D eigenvalue weighted by Gasteiger charge is -2.34. The quantitative estimate of drug-likeness (QED) is 0.656. The fourth-order valence-corrected chi connectivity index (χ4v) is 4.52. The molecule has 2 aliphatic heterocycles. The normalized spacial score (nSPS) is 20.9. The molecule has 3 heterocycles. The molecular formula is C24H28N4O4. The molecule has 8 heteroatoms. The van der Waals surface area contributed by atoms with Crippen LogP contribution in [0.5, 0.6) is 0 Å². The Labute approximate surface area is 187 Å². The molecule has 0 unspecified atom stereocenters. The molecule has 1 aliphatic carbocycles. The van der Waals surface area contributed by atoms with Crippen LogP contribution >= 0.6 is 0 Å². The van der Waals surface area contributed by atoms with E-state index >= 15 is 0 Å². The summed E-state index contributed by atoms with van der Waals surface area (Å²) < 4.78 is 10.8. The predicted octanol–water partition coefficient (Wildman–Crippen LogP) is 3.95. The lowest BCUT2D eigenvalue weighted by Crippen LogP contribution is -2.43. The minimum absolute atomic E-state index is 0.164. The SMILES string of the molecule is CC1(C)COC(=O)N1c1cnc(C(=O)OCc2ccccc2)c(N2CCC3(CC2)CC3)n1. The number of esters is 1. The molecule has 0 bridgehead atoms. The Balaban J connectivity index is 1.43. The molecule has 1 amide bonds. The number of nitrogens with zero attached hydrogens (tertiary/aromatic N) is 4. The van der Waals surface area contributed by atoms with E-state index in [1.54, 1.807) is 0 Å². The maximum atomic E-state index is 13.0. The summed E-state index contributed by atoms with van der Waals surface area (Å²) in [6, 6.07) is 9.54. The summed E-state index contributed by atoms with van der Waals surface area (Å²) >= 11 is 0. The minimum Gasteiger partial charge on any atom is -0.456 e. The molecule has 2 saturated heterocycles. The molecule has 8 nitrogen and oxygen atoms in total. The van der Waals surface area contributed by atoms with Crippen LogP contribution in [0.3, 0.4) is 0 Å². The lowest BCUT2D eigenvalue weighted by atomic mass is 9.94. The van der Waals surface area contributed by atoms with Crippen LogP contribution in [0.15, 0.2) is 36.5 Å². The van der Waals surface area contributed by atoms with Crippen molar-refractivity contribution in [3.05, 3.63) is 47.8 Å². The first-order chi connectivity index (χ1) is 15.4. The van der Waals surface area contributed by atoms with Gasteiger partial charge in [0.1, 0.15) is 13.2 Å². The Bertz CT molecular complexity index is 1030. The number of carbonyl (C=O) groups is 2. The van der Waals surface area contributed by atoms with Gasteiger partial charge in [-0.3, -0.25) is 4.90 Å². The molecule has 0 atom stereocenters. The number of ether oxygens (including phenoxy) is 2. The molecule has 0 radical (unpaired) electrons. The summed E-state index contributed by atoms with van der Waals surface area (Å²) in [5, 5.41) is 0. The molecule has 1 aromatic heterocycles. The van der Waals surface area contributed by atoms with Gasteiger partial charge in [0.2, 0.25) is 0 Å². The maximum absolute atomic E-state index is 13.0. The van der Waals surface area contributed by atoms with Crippen molar-refractivity contribution in [2.75, 3.05) is 29.5 Å². The fourth-order valence-electron chi connectivity index (χ4n) is 4.52. The number of amides is 1. The van der Waals surface area contributed by atoms with Gasteiger partial charge in [0.15, 0.2) is 17.3 Å². The Hall–Kier alpha value is -3.16. The summed E-state index contributed by atoms with van der Waals surface area (Å²) in [6.45, 7) is 5.89. The number of rotatable bonds is 5. The van der Waals surface area contributed by atoms with Crippen molar-refractivity contribution in [2.45, 2.75) is 51.7 Å². The van der Waals surface area contributed by atoms with E-state index in [9.17, 15) is 9.59 Å². The molecule has 0 N–H and O–H groups in total. The van der Waals surface area contributed by atoms with Gasteiger partial charge in [0.25, 0.3) is 0 Å². The van der Waals surface area contributed by atoms with Crippen LogP contribution in [-0.4, -0.2) is 47.3 Å². The number of anilines is 2. The van der Waals surface area contributed by atoms with Crippen molar-refractivity contribution >= 4 is 23.7 Å². The van der Waals surface area contributed by atoms with E-state index in [2.05, 4.69) is 9.88 Å². The molecule has 168 valence electrons. The van der Waals surface area contributed by atoms with Crippen LogP contribution in [0.2, 0.25) is 0 Å². The van der Waals surface area contributed by atoms with Crippen LogP contribution in [0.1, 0.15) is 55.6 Å². The van der Waals surface area contributed by atoms with Crippen molar-refractivity contribution in [2.24, 2.45) is 5.41 Å². The Kier molecular flexibility index (Phi) is 5.03. The van der Waals surface area contributed by atoms with Gasteiger partial charge < -0.3 is 14.4 Å². The van der Waals surface area contributed by atoms with Gasteiger partial charge in [0, 0.05) is 13.1 Å². The van der Waals surface area contributed by atoms with Gasteiger partial charge >= 0.3 is 12.1 Å². The first kappa shape index (κ1) is 20.7. The van der Waals surface area contributed by atoms with E-state index in [1.165, 1.54) is 23.9 Å². The monoisotopic (exact) mass is 436 g/mol. The van der Waals surface area contributed by atoms with Crippen molar-refractivity contribution < 1.29 is 19.1 Å². The van der Waals surface area contributed by atoms with Gasteiger partial charge in [-0.1, -0.05) is 30.3 Å². The zero-order valence-electron chi connectivity index (χ0n) is 18.5. The van der Waals surface area contributed by atoms with Crippen molar-refractivity contribution in [3.63, 3.8) is 0 Å². The average molecular weight is 437 g/mol. The standard InChI is InChI=1S/C24H28N4O4/c1-23(2)16-32-22(30)28(23)18-14-25-19(21(29)31-15-17-6-4-3-5-7-17)20(26-18)27-12-10-24(8-9-24)11-13-27/h3-7,14H,8-13,15-16H2,1-2H3. The molecule has 1 spiro atoms. The summed E-state index contributed by atoms with van der Waals surface area (Å²) in [5.74, 6) is 0.350. The third-order valence-electron chi connectivity index (χ3n) is 6.79. The second-order valence-corrected chi connectivity index (χ2v) is 9.65. The van der Waals surface area contributed by atoms with Gasteiger partial charge in [-0.2, -0.15) is 0 Å². The van der Waals surface area contributed by atoms with E-state index in [0.29, 0.717) is 17.1 Å². The van der Waals surface area contributed by atoms with Gasteiger partial charge in [0.05, 0.1) is 11.7 Å². The van der Waals surface area contributed by atoms with E-state index in [0.717, 1.165) is 31.5 Å². The van der Waals surface area contributed by atoms with Crippen LogP contribution in [-0.2, 0) is 16.1 Å². The van der Waals surface area contributed by atoms with Crippen LogP contribution < -0.4 is 9.80 Å². The molecule has 1 saturated carbocycles. The Morgan fingerprint density at radius 2 is 1.84 bits per heavy atom. The molecule has 1 aromatic carbocycles. The zero-order chi connectivity index (χ0) is 22.3. The Morgan fingerprint density at radius 1 is 1.12 bits per heavy atom. The fraction of sp³-hybridized carbons (Fsp3) is 0.500. The smallest absolute Gasteiger partial charge is 0.416 e. The number of aromatic nitrogens is 2. The third kappa shape index (κ3) is 3.89. The lowest BCUT2D eigenvalue weighted by molar-refractivity contribution is 0.0466. The molecule has 2 aromatic rings. The van der Waals surface area contributed by atoms with Gasteiger partial charge in [-0.05, 0) is 50.5 Å². The summed E-state index contributed by atoms with van der Waals surface area (Å²) in [4.78, 5) is 38.2. The average Bonchev–Trinajstić information content (AvgIpc) is 3.49. The van der Waals surface area contributed by atoms with Crippen LogP contribution in [0, 0.1) is 5.41 Å². The van der Waals surface area contributed by atoms with Crippen molar-refractivity contribution in [1.29, 1.82) is 0 Å². The highest BCUT2D eigenvalue weighted by Gasteiger charge is 2.46. The number of cyclic esters (lactones) is 1. The largest absolute Gasteiger partial charge is 0.456 e. The summed E-state index contributed by atoms with van der Waals surface area (Å²) in [6.07, 6.45) is 5.73. The first-order valence-electron chi connectivity index (χ1n) is 11.2. The minimum atomic E-state index is -0.543. The maximum Gasteiger partial charge on any atom is 0.416 e.